The fraction of sp³-hybridized carbons (Fsp3) is 0. The minimum Gasteiger partial charge on any atom is -0.748 e. The quantitative estimate of drug-likeness (QED) is 0.332. The monoisotopic (exact) mass is 304 g/mol. The van der Waals surface area contributed by atoms with Crippen LogP contribution >= 0.6 is 24.4 Å². The first-order chi connectivity index (χ1) is 7.83. The van der Waals surface area contributed by atoms with Gasteiger partial charge in [0.2, 0.25) is 0 Å². The van der Waals surface area contributed by atoms with Crippen LogP contribution in [0.5, 0.6) is 0 Å². The number of nitrogens with one attached hydrogen (secondary N) is 2. The van der Waals surface area contributed by atoms with Crippen molar-refractivity contribution in [2.45, 2.75) is 0 Å². The van der Waals surface area contributed by atoms with E-state index in [4.69, 9.17) is 10.8 Å². The molecule has 2 aromatic rings. The van der Waals surface area contributed by atoms with Gasteiger partial charge in [-0.15, -0.1) is 0 Å². The van der Waals surface area contributed by atoms with E-state index in [9.17, 15) is 0 Å². The van der Waals surface area contributed by atoms with Crippen molar-refractivity contribution in [2.75, 3.05) is 0 Å². The molecular weight excluding hydrogens is 292 g/mol. The summed E-state index contributed by atoms with van der Waals surface area (Å²) in [6.45, 7) is 0. The van der Waals surface area contributed by atoms with Crippen molar-refractivity contribution in [1.29, 1.82) is 10.8 Å². The summed E-state index contributed by atoms with van der Waals surface area (Å²) in [6.07, 6.45) is 0. The molecule has 96 valence electrons. The topological polar surface area (TPSA) is 47.7 Å². The summed E-state index contributed by atoms with van der Waals surface area (Å²) < 4.78 is 0. The van der Waals surface area contributed by atoms with Gasteiger partial charge in [-0.25, -0.2) is 23.0 Å². The van der Waals surface area contributed by atoms with E-state index in [0.717, 1.165) is 0 Å². The molecular formula is C12H12FeN2S2-6. The van der Waals surface area contributed by atoms with Crippen LogP contribution in [0, 0.1) is 10.8 Å². The van der Waals surface area contributed by atoms with E-state index in [-0.39, 0.29) is 17.1 Å². The zero-order chi connectivity index (χ0) is 12.5. The largest absolute Gasteiger partial charge is 0.748 e. The molecule has 2 N–H and O–H groups in total. The van der Waals surface area contributed by atoms with Gasteiger partial charge in [-0.05, 0) is 24.4 Å². The third kappa shape index (κ3) is 31.3. The van der Waals surface area contributed by atoms with Crippen LogP contribution in [-0.4, -0.2) is 10.3 Å². The van der Waals surface area contributed by atoms with Gasteiger partial charge in [-0.3, -0.25) is 0 Å². The third-order valence-corrected chi connectivity index (χ3v) is 1.11. The molecule has 2 aromatic carbocycles. The predicted molar refractivity (Wildman–Crippen MR) is 74.7 cm³/mol. The molecule has 0 aliphatic rings. The number of hydrogen-bond donors (Lipinski definition) is 2. The minimum absolute atomic E-state index is 0. The van der Waals surface area contributed by atoms with Gasteiger partial charge >= 0.3 is 0 Å². The van der Waals surface area contributed by atoms with E-state index in [1.807, 2.05) is 60.7 Å². The molecule has 0 saturated heterocycles. The summed E-state index contributed by atoms with van der Waals surface area (Å²) in [7, 11) is 0. The first-order valence-corrected chi connectivity index (χ1v) is 5.06. The Hall–Kier alpha value is -1.18. The van der Waals surface area contributed by atoms with E-state index in [2.05, 4.69) is 24.4 Å². The molecule has 0 bridgehead atoms. The molecule has 0 radical (unpaired) electrons. The Balaban J connectivity index is -0.000000157. The molecule has 0 aliphatic carbocycles. The number of isothiocyanates is 2. The molecule has 2 rings (SSSR count). The Morgan fingerprint density at radius 1 is 0.765 bits per heavy atom. The van der Waals surface area contributed by atoms with E-state index in [1.54, 1.807) is 10.3 Å². The summed E-state index contributed by atoms with van der Waals surface area (Å²) in [6, 6.07) is 20.0. The van der Waals surface area contributed by atoms with Crippen molar-refractivity contribution in [3.8, 4) is 0 Å². The molecule has 0 fully saturated rings. The van der Waals surface area contributed by atoms with Crippen LogP contribution in [0.1, 0.15) is 0 Å². The molecule has 0 atom stereocenters. The Morgan fingerprint density at radius 3 is 1.12 bits per heavy atom. The van der Waals surface area contributed by atoms with Crippen molar-refractivity contribution in [1.82, 2.24) is 0 Å². The van der Waals surface area contributed by atoms with Crippen LogP contribution < -0.4 is 0 Å². The van der Waals surface area contributed by atoms with Gasteiger partial charge in [0.25, 0.3) is 0 Å². The fourth-order valence-electron chi connectivity index (χ4n) is 0.642. The summed E-state index contributed by atoms with van der Waals surface area (Å²) in [5.41, 5.74) is 0. The minimum atomic E-state index is 0. The van der Waals surface area contributed by atoms with Gasteiger partial charge in [0.05, 0.1) is 10.3 Å². The summed E-state index contributed by atoms with van der Waals surface area (Å²) >= 11 is 7.62. The zero-order valence-corrected chi connectivity index (χ0v) is 11.7. The van der Waals surface area contributed by atoms with Crippen LogP contribution in [0.4, 0.5) is 0 Å². The van der Waals surface area contributed by atoms with Crippen LogP contribution in [0.2, 0.25) is 0 Å². The van der Waals surface area contributed by atoms with Crippen LogP contribution in [-0.2, 0) is 17.1 Å². The van der Waals surface area contributed by atoms with Crippen molar-refractivity contribution in [3.05, 3.63) is 60.7 Å². The first-order valence-electron chi connectivity index (χ1n) is 4.24. The molecule has 0 amide bonds. The maximum atomic E-state index is 5.77. The maximum Gasteiger partial charge on any atom is 0.0554 e. The zero-order valence-electron chi connectivity index (χ0n) is 8.94. The summed E-state index contributed by atoms with van der Waals surface area (Å²) in [5.74, 6) is 0. The molecule has 0 spiro atoms. The SMILES string of the molecule is N=C=S.N=C=S.[Fe].[cH-]1[cH-][cH-][cH-][cH-]1.c1cc[cH-]c1. The van der Waals surface area contributed by atoms with Crippen molar-refractivity contribution < 1.29 is 17.1 Å². The predicted octanol–water partition coefficient (Wildman–Crippen LogP) is 4.14. The molecule has 0 unspecified atom stereocenters. The van der Waals surface area contributed by atoms with Gasteiger partial charge in [-0.1, -0.05) is 0 Å². The van der Waals surface area contributed by atoms with Crippen molar-refractivity contribution in [3.63, 3.8) is 0 Å². The van der Waals surface area contributed by atoms with Crippen LogP contribution in [0.15, 0.2) is 60.7 Å². The van der Waals surface area contributed by atoms with Gasteiger partial charge < -0.3 is 30.3 Å². The van der Waals surface area contributed by atoms with E-state index in [0.29, 0.717) is 0 Å². The van der Waals surface area contributed by atoms with E-state index in [1.165, 1.54) is 0 Å². The fourth-order valence-corrected chi connectivity index (χ4v) is 0.642. The Labute approximate surface area is 123 Å². The molecule has 0 heterocycles. The smallest absolute Gasteiger partial charge is 0.0554 e. The second-order valence-corrected chi connectivity index (χ2v) is 2.54. The Morgan fingerprint density at radius 2 is 1.00 bits per heavy atom. The number of rotatable bonds is 0. The van der Waals surface area contributed by atoms with Crippen molar-refractivity contribution >= 4 is 34.8 Å². The second-order valence-electron chi connectivity index (χ2n) is 2.13. The third-order valence-electron chi connectivity index (χ3n) is 1.11. The molecule has 17 heavy (non-hydrogen) atoms. The average molecular weight is 304 g/mol. The summed E-state index contributed by atoms with van der Waals surface area (Å²) in [4.78, 5) is 0. The maximum absolute atomic E-state index is 5.77. The number of thiocarbonyl (C=S) groups is 2. The molecule has 5 heteroatoms. The van der Waals surface area contributed by atoms with E-state index >= 15 is 0 Å². The second kappa shape index (κ2) is 24.2. The number of hydrogen-bond acceptors (Lipinski definition) is 4. The standard InChI is InChI=1S/2C5H5.2CHNS.Fe/c2*1-2-4-5-3-1;2*2-1-3;/h2*1-5H;2*2H;/q-5;-1;;;. The molecule has 0 aromatic heterocycles. The van der Waals surface area contributed by atoms with Gasteiger partial charge in [-0.2, -0.15) is 18.2 Å². The summed E-state index contributed by atoms with van der Waals surface area (Å²) in [5, 5.41) is 14.7. The van der Waals surface area contributed by atoms with Crippen LogP contribution in [0.25, 0.3) is 0 Å². The normalized spacial score (nSPS) is 5.65. The van der Waals surface area contributed by atoms with Crippen LogP contribution in [0.3, 0.4) is 0 Å². The van der Waals surface area contributed by atoms with Gasteiger partial charge in [0, 0.05) is 17.1 Å². The Bertz CT molecular complexity index is 284. The Kier molecular flexibility index (Phi) is 30.1. The van der Waals surface area contributed by atoms with E-state index < -0.39 is 0 Å². The molecule has 0 saturated carbocycles. The van der Waals surface area contributed by atoms with Crippen molar-refractivity contribution in [2.24, 2.45) is 0 Å². The average Bonchev–Trinajstić information content (AvgIpc) is 3.00. The van der Waals surface area contributed by atoms with Gasteiger partial charge in [0.1, 0.15) is 0 Å². The van der Waals surface area contributed by atoms with Gasteiger partial charge in [0.15, 0.2) is 0 Å². The molecule has 2 nitrogen and oxygen atoms in total. The molecule has 0 aliphatic heterocycles. The first kappa shape index (κ1) is 21.1.